The number of aromatic nitrogens is 2. The van der Waals surface area contributed by atoms with Crippen LogP contribution in [0.15, 0.2) is 28.9 Å². The van der Waals surface area contributed by atoms with Crippen LogP contribution in [0.1, 0.15) is 30.6 Å². The molecule has 0 radical (unpaired) electrons. The van der Waals surface area contributed by atoms with Crippen molar-refractivity contribution in [3.63, 3.8) is 0 Å². The lowest BCUT2D eigenvalue weighted by Crippen LogP contribution is -2.31. The van der Waals surface area contributed by atoms with Gasteiger partial charge in [-0.3, -0.25) is 10.5 Å². The van der Waals surface area contributed by atoms with Crippen LogP contribution in [0.2, 0.25) is 0 Å². The van der Waals surface area contributed by atoms with E-state index >= 15 is 0 Å². The van der Waals surface area contributed by atoms with Crippen LogP contribution in [0.4, 0.5) is 4.39 Å². The molecule has 0 amide bonds. The van der Waals surface area contributed by atoms with Crippen molar-refractivity contribution >= 4 is 15.9 Å². The number of nitrogens with zero attached hydrogens (tertiary/aromatic N) is 2. The van der Waals surface area contributed by atoms with Gasteiger partial charge in [-0.25, -0.2) is 9.82 Å². The van der Waals surface area contributed by atoms with Gasteiger partial charge in [-0.1, -0.05) is 22.9 Å². The Hall–Kier alpha value is -1.44. The molecular weight excluding hydrogens is 339 g/mol. The maximum absolute atomic E-state index is 13.6. The minimum Gasteiger partial charge on any atom is -0.493 e. The molecule has 0 fully saturated rings. The third kappa shape index (κ3) is 3.42. The van der Waals surface area contributed by atoms with E-state index in [-0.39, 0.29) is 5.82 Å². The van der Waals surface area contributed by atoms with E-state index < -0.39 is 6.04 Å². The van der Waals surface area contributed by atoms with Gasteiger partial charge in [0.05, 0.1) is 19.3 Å². The van der Waals surface area contributed by atoms with Crippen molar-refractivity contribution in [2.24, 2.45) is 5.84 Å². The molecule has 1 atom stereocenters. The third-order valence-electron chi connectivity index (χ3n) is 3.16. The van der Waals surface area contributed by atoms with E-state index in [4.69, 9.17) is 10.6 Å². The van der Waals surface area contributed by atoms with E-state index in [1.165, 1.54) is 12.1 Å². The summed E-state index contributed by atoms with van der Waals surface area (Å²) in [6, 6.07) is 4.24. The Kier molecular flexibility index (Phi) is 5.33. The summed E-state index contributed by atoms with van der Waals surface area (Å²) in [6.07, 6.45) is 2.56. The number of rotatable bonds is 6. The van der Waals surface area contributed by atoms with Gasteiger partial charge in [-0.15, -0.1) is 0 Å². The number of benzene rings is 1. The molecule has 3 N–H and O–H groups in total. The number of hydrogen-bond acceptors (Lipinski definition) is 4. The molecule has 1 unspecified atom stereocenters. The monoisotopic (exact) mass is 356 g/mol. The second kappa shape index (κ2) is 7.02. The maximum atomic E-state index is 13.6. The average molecular weight is 357 g/mol. The topological polar surface area (TPSA) is 65.1 Å². The highest BCUT2D eigenvalue weighted by atomic mass is 79.9. The largest absolute Gasteiger partial charge is 0.493 e. The summed E-state index contributed by atoms with van der Waals surface area (Å²) < 4.78 is 21.5. The summed E-state index contributed by atoms with van der Waals surface area (Å²) in [5, 5.41) is 4.31. The first-order valence-corrected chi connectivity index (χ1v) is 7.41. The zero-order valence-electron chi connectivity index (χ0n) is 11.9. The molecule has 2 aromatic rings. The van der Waals surface area contributed by atoms with Gasteiger partial charge < -0.3 is 4.74 Å². The highest BCUT2D eigenvalue weighted by Gasteiger charge is 2.23. The molecule has 0 saturated heterocycles. The molecule has 0 saturated carbocycles. The van der Waals surface area contributed by atoms with E-state index in [1.807, 2.05) is 10.7 Å². The van der Waals surface area contributed by atoms with Gasteiger partial charge in [0.25, 0.3) is 0 Å². The summed E-state index contributed by atoms with van der Waals surface area (Å²) in [4.78, 5) is 0. The van der Waals surface area contributed by atoms with Gasteiger partial charge >= 0.3 is 0 Å². The predicted molar refractivity (Wildman–Crippen MR) is 82.3 cm³/mol. The summed E-state index contributed by atoms with van der Waals surface area (Å²) in [6.45, 7) is 2.79. The Morgan fingerprint density at radius 1 is 1.48 bits per heavy atom. The SMILES string of the molecule is CCCn1ncc(OC)c1C(NN)c1cc(F)cc(Br)c1. The van der Waals surface area contributed by atoms with Crippen molar-refractivity contribution in [3.05, 3.63) is 45.9 Å². The Balaban J connectivity index is 2.52. The van der Waals surface area contributed by atoms with Crippen LogP contribution >= 0.6 is 15.9 Å². The lowest BCUT2D eigenvalue weighted by atomic mass is 10.0. The first-order chi connectivity index (χ1) is 10.1. The first kappa shape index (κ1) is 15.9. The van der Waals surface area contributed by atoms with E-state index in [1.54, 1.807) is 13.3 Å². The van der Waals surface area contributed by atoms with Crippen LogP contribution < -0.4 is 16.0 Å². The minimum absolute atomic E-state index is 0.333. The molecule has 1 heterocycles. The Bertz CT molecular complexity index is 597. The molecule has 1 aromatic heterocycles. The molecule has 5 nitrogen and oxygen atoms in total. The second-order valence-corrected chi connectivity index (χ2v) is 5.54. The Morgan fingerprint density at radius 3 is 2.81 bits per heavy atom. The molecule has 2 rings (SSSR count). The fourth-order valence-corrected chi connectivity index (χ4v) is 2.77. The first-order valence-electron chi connectivity index (χ1n) is 6.62. The number of halogens is 2. The highest BCUT2D eigenvalue weighted by molar-refractivity contribution is 9.10. The number of methoxy groups -OCH3 is 1. The van der Waals surface area contributed by atoms with E-state index in [0.717, 1.165) is 18.7 Å². The average Bonchev–Trinajstić information content (AvgIpc) is 2.82. The van der Waals surface area contributed by atoms with Crippen molar-refractivity contribution in [3.8, 4) is 5.75 Å². The number of nitrogens with two attached hydrogens (primary N) is 1. The number of hydrogen-bond donors (Lipinski definition) is 2. The van der Waals surface area contributed by atoms with Crippen LogP contribution in [-0.2, 0) is 6.54 Å². The molecule has 0 bridgehead atoms. The molecule has 0 aliphatic carbocycles. The van der Waals surface area contributed by atoms with Crippen molar-refractivity contribution in [1.82, 2.24) is 15.2 Å². The van der Waals surface area contributed by atoms with Gasteiger partial charge in [0.2, 0.25) is 0 Å². The van der Waals surface area contributed by atoms with Gasteiger partial charge in [0.1, 0.15) is 11.5 Å². The van der Waals surface area contributed by atoms with Crippen molar-refractivity contribution < 1.29 is 9.13 Å². The molecule has 21 heavy (non-hydrogen) atoms. The molecular formula is C14H18BrFN4O. The zero-order valence-corrected chi connectivity index (χ0v) is 13.5. The molecule has 114 valence electrons. The minimum atomic E-state index is -0.416. The number of nitrogens with one attached hydrogen (secondary N) is 1. The number of hydrazine groups is 1. The summed E-state index contributed by atoms with van der Waals surface area (Å²) in [5.74, 6) is 5.98. The van der Waals surface area contributed by atoms with E-state index in [9.17, 15) is 4.39 Å². The fraction of sp³-hybridized carbons (Fsp3) is 0.357. The Morgan fingerprint density at radius 2 is 2.24 bits per heavy atom. The predicted octanol–water partition coefficient (Wildman–Crippen LogP) is 2.76. The second-order valence-electron chi connectivity index (χ2n) is 4.62. The standard InChI is InChI=1S/C14H18BrFN4O/c1-3-4-20-14(12(21-2)8-18-20)13(19-17)9-5-10(15)7-11(16)6-9/h5-8,13,19H,3-4,17H2,1-2H3. The molecule has 0 aliphatic heterocycles. The highest BCUT2D eigenvalue weighted by Crippen LogP contribution is 2.31. The van der Waals surface area contributed by atoms with Crippen molar-refractivity contribution in [1.29, 1.82) is 0 Å². The van der Waals surface area contributed by atoms with E-state index in [2.05, 4.69) is 33.4 Å². The summed E-state index contributed by atoms with van der Waals surface area (Å²) in [5.41, 5.74) is 4.19. The normalized spacial score (nSPS) is 12.4. The molecule has 0 aliphatic rings. The van der Waals surface area contributed by atoms with Crippen LogP contribution in [0.25, 0.3) is 0 Å². The molecule has 1 aromatic carbocycles. The van der Waals surface area contributed by atoms with Gasteiger partial charge in [-0.2, -0.15) is 5.10 Å². The smallest absolute Gasteiger partial charge is 0.161 e. The van der Waals surface area contributed by atoms with Crippen LogP contribution in [-0.4, -0.2) is 16.9 Å². The zero-order chi connectivity index (χ0) is 15.4. The maximum Gasteiger partial charge on any atom is 0.161 e. The van der Waals surface area contributed by atoms with Crippen LogP contribution in [0, 0.1) is 5.82 Å². The van der Waals surface area contributed by atoms with Crippen molar-refractivity contribution in [2.75, 3.05) is 7.11 Å². The lowest BCUT2D eigenvalue weighted by Gasteiger charge is -2.19. The van der Waals surface area contributed by atoms with Crippen molar-refractivity contribution in [2.45, 2.75) is 25.9 Å². The fourth-order valence-electron chi connectivity index (χ4n) is 2.29. The van der Waals surface area contributed by atoms with Gasteiger partial charge in [0, 0.05) is 11.0 Å². The van der Waals surface area contributed by atoms with Crippen LogP contribution in [0.3, 0.4) is 0 Å². The van der Waals surface area contributed by atoms with Gasteiger partial charge in [-0.05, 0) is 30.2 Å². The third-order valence-corrected chi connectivity index (χ3v) is 3.62. The number of ether oxygens (including phenoxy) is 1. The van der Waals surface area contributed by atoms with E-state index in [0.29, 0.717) is 15.8 Å². The lowest BCUT2D eigenvalue weighted by molar-refractivity contribution is 0.398. The summed E-state index contributed by atoms with van der Waals surface area (Å²) >= 11 is 3.30. The summed E-state index contributed by atoms with van der Waals surface area (Å²) in [7, 11) is 1.58. The quantitative estimate of drug-likeness (QED) is 0.616. The van der Waals surface area contributed by atoms with Gasteiger partial charge in [0.15, 0.2) is 5.75 Å². The molecule has 0 spiro atoms. The Labute approximate surface area is 131 Å². The number of aryl methyl sites for hydroxylation is 1. The molecule has 7 heteroatoms. The van der Waals surface area contributed by atoms with Crippen LogP contribution in [0.5, 0.6) is 5.75 Å².